The number of rotatable bonds is 20. The number of benzene rings is 3. The summed E-state index contributed by atoms with van der Waals surface area (Å²) in [6.45, 7) is 13.8. The zero-order valence-electron chi connectivity index (χ0n) is 38.4. The highest BCUT2D eigenvalue weighted by atomic mass is 28.4. The number of nitrogens with one attached hydrogen (secondary N) is 3. The van der Waals surface area contributed by atoms with Crippen molar-refractivity contribution < 1.29 is 62.3 Å². The topological polar surface area (TPSA) is 269 Å². The van der Waals surface area contributed by atoms with Gasteiger partial charge in [-0.2, -0.15) is 0 Å². The molecular weight excluding hydrogens is 859 g/mol. The average molecular weight is 922 g/mol. The Hall–Kier alpha value is -5.41. The summed E-state index contributed by atoms with van der Waals surface area (Å²) >= 11 is 0. The number of carbonyl (C=O) groups excluding carboxylic acids is 4. The molecule has 2 heterocycles. The summed E-state index contributed by atoms with van der Waals surface area (Å²) in [5, 5.41) is 30.1. The van der Waals surface area contributed by atoms with Crippen LogP contribution in [0.1, 0.15) is 70.4 Å². The van der Waals surface area contributed by atoms with Gasteiger partial charge in [-0.3, -0.25) is 19.2 Å². The summed E-state index contributed by atoms with van der Waals surface area (Å²) in [6.07, 6.45) is -3.47. The van der Waals surface area contributed by atoms with E-state index in [1.54, 1.807) is 67.8 Å². The number of carbonyl (C=O) groups is 5. The van der Waals surface area contributed by atoms with Crippen molar-refractivity contribution in [2.45, 2.75) is 114 Å². The molecule has 0 bridgehead atoms. The van der Waals surface area contributed by atoms with Crippen molar-refractivity contribution in [1.82, 2.24) is 10.6 Å². The maximum absolute atomic E-state index is 14.3. The number of ether oxygens (including phenoxy) is 5. The van der Waals surface area contributed by atoms with Crippen LogP contribution in [0.15, 0.2) is 60.7 Å². The fraction of sp³-hybridized carbons (Fsp3) is 0.500. The molecule has 2 aliphatic rings. The van der Waals surface area contributed by atoms with Gasteiger partial charge in [0.2, 0.25) is 17.7 Å². The molecule has 0 radical (unpaired) electrons. The van der Waals surface area contributed by atoms with Crippen LogP contribution in [0.3, 0.4) is 0 Å². The Morgan fingerprint density at radius 3 is 2.28 bits per heavy atom. The second-order valence-corrected chi connectivity index (χ2v) is 22.8. The zero-order chi connectivity index (χ0) is 48.0. The van der Waals surface area contributed by atoms with Crippen molar-refractivity contribution in [2.75, 3.05) is 32.9 Å². The van der Waals surface area contributed by atoms with E-state index in [9.17, 15) is 34.2 Å². The van der Waals surface area contributed by atoms with Gasteiger partial charge in [0.15, 0.2) is 27.0 Å². The monoisotopic (exact) mass is 921 g/mol. The van der Waals surface area contributed by atoms with Crippen LogP contribution < -0.4 is 36.9 Å². The Morgan fingerprint density at radius 2 is 1.68 bits per heavy atom. The average Bonchev–Trinajstić information content (AvgIpc) is 3.52. The van der Waals surface area contributed by atoms with Crippen LogP contribution in [0.4, 0.5) is 5.69 Å². The van der Waals surface area contributed by atoms with Crippen molar-refractivity contribution in [3.63, 3.8) is 0 Å². The van der Waals surface area contributed by atoms with Gasteiger partial charge in [-0.25, -0.2) is 4.79 Å². The largest absolute Gasteiger partial charge is 0.497 e. The van der Waals surface area contributed by atoms with Crippen molar-refractivity contribution in [2.24, 2.45) is 17.4 Å². The standard InChI is InChI=1S/C46H63N5O13Si/c1-10-25(2)38(64-65(8,9)45(3,4)5)41(54)49-33(40(53)50-34(42(55)56)22-36(48)52)21-26-14-19-35(62-24-59-6)30(20-26)29-12-11-13-31-37(29)51-44(57)46(31,58)39-32(47)23-61-43(63-39)27-15-17-28(60-7)18-16-27/h11-20,25,32-34,38-39,43,58H,10,21-24,47H2,1-9H3,(H2,48,52)(H,49,54)(H,50,53)(H,51,57)(H,55,56)/t25-,32+,33-,34-,38-,39+,43+,46-/m0/s1. The maximum Gasteiger partial charge on any atom is 0.326 e. The van der Waals surface area contributed by atoms with Crippen LogP contribution in [-0.4, -0.2) is 106 Å². The number of fused-ring (bicyclic) bond motifs is 1. The number of aliphatic hydroxyl groups is 1. The number of primary amides is 1. The highest BCUT2D eigenvalue weighted by molar-refractivity contribution is 6.74. The number of para-hydroxylation sites is 1. The molecule has 4 amide bonds. The lowest BCUT2D eigenvalue weighted by Crippen LogP contribution is -2.59. The highest BCUT2D eigenvalue weighted by Crippen LogP contribution is 2.49. The van der Waals surface area contributed by atoms with E-state index in [4.69, 9.17) is 39.6 Å². The van der Waals surface area contributed by atoms with E-state index in [1.807, 2.05) is 47.7 Å². The number of nitrogens with two attached hydrogens (primary N) is 2. The molecule has 0 unspecified atom stereocenters. The minimum absolute atomic E-state index is 0.0371. The number of methoxy groups -OCH3 is 2. The normalized spacial score (nSPS) is 21.5. The summed E-state index contributed by atoms with van der Waals surface area (Å²) in [6, 6.07) is 12.9. The van der Waals surface area contributed by atoms with E-state index in [0.29, 0.717) is 40.2 Å². The number of aliphatic carboxylic acids is 1. The van der Waals surface area contributed by atoms with Crippen molar-refractivity contribution >= 4 is 43.6 Å². The molecule has 5 rings (SSSR count). The molecule has 19 heteroatoms. The van der Waals surface area contributed by atoms with E-state index in [0.717, 1.165) is 0 Å². The number of amides is 4. The third-order valence-corrected chi connectivity index (χ3v) is 16.8. The Balaban J connectivity index is 1.55. The summed E-state index contributed by atoms with van der Waals surface area (Å²) < 4.78 is 35.3. The smallest absolute Gasteiger partial charge is 0.326 e. The van der Waals surface area contributed by atoms with E-state index in [2.05, 4.69) is 16.0 Å². The Labute approximate surface area is 380 Å². The van der Waals surface area contributed by atoms with Gasteiger partial charge in [0.05, 0.1) is 31.9 Å². The summed E-state index contributed by atoms with van der Waals surface area (Å²) in [7, 11) is 0.455. The van der Waals surface area contributed by atoms with Crippen LogP contribution in [0.2, 0.25) is 18.1 Å². The summed E-state index contributed by atoms with van der Waals surface area (Å²) in [5.41, 5.74) is 11.8. The van der Waals surface area contributed by atoms with Crippen molar-refractivity contribution in [3.8, 4) is 22.6 Å². The van der Waals surface area contributed by atoms with Crippen LogP contribution in [0.25, 0.3) is 11.1 Å². The molecular formula is C46H63N5O13Si. The first kappa shape index (κ1) is 50.6. The van der Waals surface area contributed by atoms with Gasteiger partial charge in [0.25, 0.3) is 5.91 Å². The highest BCUT2D eigenvalue weighted by Gasteiger charge is 2.57. The molecule has 0 saturated carbocycles. The SMILES string of the molecule is CC[C@H](C)[C@H](O[Si](C)(C)C(C)(C)C)C(=O)N[C@@H](Cc1ccc(OCOC)c(-c2cccc3c2NC(=O)[C@@]3(O)[C@@H]2O[C@H](c3ccc(OC)cc3)OC[C@H]2N)c1)C(=O)N[C@@H](CC(N)=O)C(=O)O. The first-order valence-electron chi connectivity index (χ1n) is 21.4. The minimum Gasteiger partial charge on any atom is -0.497 e. The van der Waals surface area contributed by atoms with Crippen LogP contribution >= 0.6 is 0 Å². The molecule has 1 fully saturated rings. The van der Waals surface area contributed by atoms with Crippen LogP contribution in [0, 0.1) is 5.92 Å². The fourth-order valence-electron chi connectivity index (χ4n) is 7.42. The molecule has 0 spiro atoms. The number of anilines is 1. The van der Waals surface area contributed by atoms with Gasteiger partial charge < -0.3 is 65.7 Å². The van der Waals surface area contributed by atoms with Gasteiger partial charge in [-0.05, 0) is 53.9 Å². The predicted octanol–water partition coefficient (Wildman–Crippen LogP) is 3.83. The molecule has 0 aromatic heterocycles. The Morgan fingerprint density at radius 1 is 1.00 bits per heavy atom. The van der Waals surface area contributed by atoms with Gasteiger partial charge in [0, 0.05) is 35.8 Å². The molecule has 18 nitrogen and oxygen atoms in total. The molecule has 0 aliphatic carbocycles. The quantitative estimate of drug-likeness (QED) is 0.0628. The molecule has 9 N–H and O–H groups in total. The third-order valence-electron chi connectivity index (χ3n) is 12.4. The second-order valence-electron chi connectivity index (χ2n) is 18.0. The lowest BCUT2D eigenvalue weighted by atomic mass is 9.83. The lowest BCUT2D eigenvalue weighted by molar-refractivity contribution is -0.262. The number of hydrogen-bond donors (Lipinski definition) is 7. The molecule has 8 atom stereocenters. The first-order chi connectivity index (χ1) is 30.6. The molecule has 3 aromatic rings. The van der Waals surface area contributed by atoms with E-state index < -0.39 is 86.6 Å². The molecule has 2 aliphatic heterocycles. The lowest BCUT2D eigenvalue weighted by Gasteiger charge is -2.41. The number of carboxylic acids is 1. The van der Waals surface area contributed by atoms with Crippen molar-refractivity contribution in [1.29, 1.82) is 0 Å². The van der Waals surface area contributed by atoms with Crippen molar-refractivity contribution in [3.05, 3.63) is 77.4 Å². The van der Waals surface area contributed by atoms with Gasteiger partial charge in [-0.15, -0.1) is 0 Å². The second kappa shape index (κ2) is 20.8. The molecule has 354 valence electrons. The Bertz CT molecular complexity index is 2220. The van der Waals surface area contributed by atoms with Gasteiger partial charge >= 0.3 is 5.97 Å². The third kappa shape index (κ3) is 11.3. The van der Waals surface area contributed by atoms with Gasteiger partial charge in [-0.1, -0.05) is 77.4 Å². The van der Waals surface area contributed by atoms with Crippen LogP contribution in [-0.2, 0) is 54.6 Å². The fourth-order valence-corrected chi connectivity index (χ4v) is 8.75. The summed E-state index contributed by atoms with van der Waals surface area (Å²) in [5.74, 6) is -4.05. The van der Waals surface area contributed by atoms with Gasteiger partial charge in [0.1, 0.15) is 35.8 Å². The van der Waals surface area contributed by atoms with Crippen LogP contribution in [0.5, 0.6) is 11.5 Å². The van der Waals surface area contributed by atoms with E-state index in [1.165, 1.54) is 7.11 Å². The minimum atomic E-state index is -2.53. The summed E-state index contributed by atoms with van der Waals surface area (Å²) in [4.78, 5) is 66.4. The molecule has 65 heavy (non-hydrogen) atoms. The number of hydrogen-bond acceptors (Lipinski definition) is 13. The van der Waals surface area contributed by atoms with E-state index >= 15 is 0 Å². The maximum atomic E-state index is 14.3. The first-order valence-corrected chi connectivity index (χ1v) is 24.4. The van der Waals surface area contributed by atoms with E-state index in [-0.39, 0.29) is 42.0 Å². The predicted molar refractivity (Wildman–Crippen MR) is 242 cm³/mol. The molecule has 3 aromatic carbocycles. The zero-order valence-corrected chi connectivity index (χ0v) is 39.4. The Kier molecular flexibility index (Phi) is 16.2. The number of carboxylic acid groups (broad SMARTS) is 1. The molecule has 1 saturated heterocycles.